The van der Waals surface area contributed by atoms with Gasteiger partial charge in [0.05, 0.1) is 29.8 Å². The summed E-state index contributed by atoms with van der Waals surface area (Å²) >= 11 is 0. The number of benzene rings is 2. The van der Waals surface area contributed by atoms with Crippen LogP contribution in [-0.2, 0) is 13.0 Å². The third kappa shape index (κ3) is 4.82. The quantitative estimate of drug-likeness (QED) is 0.332. The first-order chi connectivity index (χ1) is 16.0. The van der Waals surface area contributed by atoms with E-state index in [0.29, 0.717) is 23.7 Å². The molecule has 1 amide bonds. The lowest BCUT2D eigenvalue weighted by Gasteiger charge is -2.26. The number of hydrogen-bond acceptors (Lipinski definition) is 4. The summed E-state index contributed by atoms with van der Waals surface area (Å²) in [4.78, 5) is 14.9. The number of carbonyl (C=O) groups is 1. The predicted molar refractivity (Wildman–Crippen MR) is 123 cm³/mol. The van der Waals surface area contributed by atoms with Crippen LogP contribution >= 0.6 is 0 Å². The number of aryl methyl sites for hydroxylation is 1. The topological polar surface area (TPSA) is 60.5 Å². The summed E-state index contributed by atoms with van der Waals surface area (Å²) < 4.78 is 26.9. The molecule has 0 saturated carbocycles. The summed E-state index contributed by atoms with van der Waals surface area (Å²) in [6.45, 7) is 6.19. The van der Waals surface area contributed by atoms with E-state index in [1.165, 1.54) is 18.4 Å². The highest BCUT2D eigenvalue weighted by atomic mass is 19.1. The molecule has 0 bridgehead atoms. The summed E-state index contributed by atoms with van der Waals surface area (Å²) in [5, 5.41) is 4.77. The molecule has 7 heteroatoms. The van der Waals surface area contributed by atoms with E-state index in [-0.39, 0.29) is 30.1 Å². The van der Waals surface area contributed by atoms with Gasteiger partial charge in [0.2, 0.25) is 5.88 Å². The standard InChI is InChI=1S/C26H26FN3O3/c1-4-23-22(17-29(18(2)3)25(31)24-11-8-16-32-24)26(33-21-9-6-5-7-10-21)30(28-23)20-14-12-19(27)13-15-20/h5-16,18H,4,17H2,1-3H3. The molecule has 0 aliphatic heterocycles. The molecule has 170 valence electrons. The van der Waals surface area contributed by atoms with Crippen molar-refractivity contribution < 1.29 is 18.3 Å². The number of carbonyl (C=O) groups excluding carboxylic acids is 1. The highest BCUT2D eigenvalue weighted by Gasteiger charge is 2.27. The second-order valence-electron chi connectivity index (χ2n) is 7.89. The molecule has 0 unspecified atom stereocenters. The third-order valence-electron chi connectivity index (χ3n) is 5.33. The van der Waals surface area contributed by atoms with Gasteiger partial charge in [-0.15, -0.1) is 0 Å². The first-order valence-electron chi connectivity index (χ1n) is 10.9. The van der Waals surface area contributed by atoms with E-state index in [0.717, 1.165) is 11.3 Å². The van der Waals surface area contributed by atoms with Crippen molar-refractivity contribution in [2.75, 3.05) is 0 Å². The molecule has 2 aromatic carbocycles. The zero-order valence-electron chi connectivity index (χ0n) is 18.9. The SMILES string of the molecule is CCc1nn(-c2ccc(F)cc2)c(Oc2ccccc2)c1CN(C(=O)c1ccco1)C(C)C. The largest absolute Gasteiger partial charge is 0.459 e. The fraction of sp³-hybridized carbons (Fsp3) is 0.231. The number of ether oxygens (including phenoxy) is 1. The fourth-order valence-corrected chi connectivity index (χ4v) is 3.58. The van der Waals surface area contributed by atoms with Gasteiger partial charge in [0, 0.05) is 6.04 Å². The van der Waals surface area contributed by atoms with Crippen LogP contribution in [0.5, 0.6) is 11.6 Å². The van der Waals surface area contributed by atoms with Crippen LogP contribution in [0.3, 0.4) is 0 Å². The number of para-hydroxylation sites is 1. The molecule has 2 heterocycles. The molecule has 0 aliphatic carbocycles. The Hall–Kier alpha value is -3.87. The van der Waals surface area contributed by atoms with Gasteiger partial charge in [-0.2, -0.15) is 5.10 Å². The van der Waals surface area contributed by atoms with Gasteiger partial charge in [0.1, 0.15) is 11.6 Å². The third-order valence-corrected chi connectivity index (χ3v) is 5.33. The van der Waals surface area contributed by atoms with E-state index in [9.17, 15) is 9.18 Å². The minimum Gasteiger partial charge on any atom is -0.459 e. The van der Waals surface area contributed by atoms with Gasteiger partial charge < -0.3 is 14.1 Å². The van der Waals surface area contributed by atoms with Gasteiger partial charge >= 0.3 is 0 Å². The first kappa shape index (κ1) is 22.3. The number of furan rings is 1. The van der Waals surface area contributed by atoms with Crippen molar-refractivity contribution in [2.24, 2.45) is 0 Å². The van der Waals surface area contributed by atoms with E-state index in [1.807, 2.05) is 51.1 Å². The van der Waals surface area contributed by atoms with Crippen LogP contribution in [0.15, 0.2) is 77.4 Å². The molecule has 0 fully saturated rings. The zero-order chi connectivity index (χ0) is 23.4. The zero-order valence-corrected chi connectivity index (χ0v) is 18.9. The van der Waals surface area contributed by atoms with Gasteiger partial charge in [-0.25, -0.2) is 9.07 Å². The van der Waals surface area contributed by atoms with Crippen molar-refractivity contribution in [3.05, 3.63) is 95.8 Å². The molecule has 0 spiro atoms. The number of hydrogen-bond donors (Lipinski definition) is 0. The summed E-state index contributed by atoms with van der Waals surface area (Å²) in [6, 6.07) is 18.7. The average Bonchev–Trinajstić information content (AvgIpc) is 3.47. The molecule has 0 radical (unpaired) electrons. The summed E-state index contributed by atoms with van der Waals surface area (Å²) in [5.74, 6) is 0.860. The van der Waals surface area contributed by atoms with Crippen molar-refractivity contribution in [1.82, 2.24) is 14.7 Å². The van der Waals surface area contributed by atoms with Crippen molar-refractivity contribution in [3.8, 4) is 17.3 Å². The first-order valence-corrected chi connectivity index (χ1v) is 10.9. The molecule has 2 aromatic heterocycles. The lowest BCUT2D eigenvalue weighted by Crippen LogP contribution is -2.36. The molecular weight excluding hydrogens is 421 g/mol. The lowest BCUT2D eigenvalue weighted by molar-refractivity contribution is 0.0656. The van der Waals surface area contributed by atoms with E-state index in [4.69, 9.17) is 14.3 Å². The van der Waals surface area contributed by atoms with Crippen molar-refractivity contribution in [2.45, 2.75) is 39.8 Å². The van der Waals surface area contributed by atoms with Gasteiger partial charge in [-0.3, -0.25) is 4.79 Å². The molecule has 4 aromatic rings. The smallest absolute Gasteiger partial charge is 0.290 e. The molecule has 33 heavy (non-hydrogen) atoms. The van der Waals surface area contributed by atoms with Crippen LogP contribution in [0, 0.1) is 5.82 Å². The number of rotatable bonds is 8. The highest BCUT2D eigenvalue weighted by molar-refractivity contribution is 5.91. The normalized spacial score (nSPS) is 11.1. The van der Waals surface area contributed by atoms with Crippen molar-refractivity contribution in [1.29, 1.82) is 0 Å². The minimum atomic E-state index is -0.331. The Morgan fingerprint density at radius 2 is 1.82 bits per heavy atom. The highest BCUT2D eigenvalue weighted by Crippen LogP contribution is 2.33. The Morgan fingerprint density at radius 1 is 1.09 bits per heavy atom. The number of nitrogens with zero attached hydrogens (tertiary/aromatic N) is 3. The van der Waals surface area contributed by atoms with Crippen molar-refractivity contribution >= 4 is 5.91 Å². The molecule has 4 rings (SSSR count). The van der Waals surface area contributed by atoms with Crippen LogP contribution in [0.2, 0.25) is 0 Å². The summed E-state index contributed by atoms with van der Waals surface area (Å²) in [5.41, 5.74) is 2.25. The van der Waals surface area contributed by atoms with Crippen molar-refractivity contribution in [3.63, 3.8) is 0 Å². The van der Waals surface area contributed by atoms with Crippen LogP contribution in [0.25, 0.3) is 5.69 Å². The van der Waals surface area contributed by atoms with Gasteiger partial charge in [0.25, 0.3) is 5.91 Å². The monoisotopic (exact) mass is 447 g/mol. The molecule has 0 aliphatic rings. The Labute approximate surface area is 192 Å². The van der Waals surface area contributed by atoms with E-state index in [2.05, 4.69) is 0 Å². The van der Waals surface area contributed by atoms with E-state index in [1.54, 1.807) is 33.8 Å². The Morgan fingerprint density at radius 3 is 2.42 bits per heavy atom. The molecule has 6 nitrogen and oxygen atoms in total. The summed E-state index contributed by atoms with van der Waals surface area (Å²) in [6.07, 6.45) is 2.12. The number of halogens is 1. The van der Waals surface area contributed by atoms with Crippen LogP contribution in [0.4, 0.5) is 4.39 Å². The molecular formula is C26H26FN3O3. The Balaban J connectivity index is 1.81. The van der Waals surface area contributed by atoms with Gasteiger partial charge in [-0.05, 0) is 68.8 Å². The Kier molecular flexibility index (Phi) is 6.58. The summed E-state index contributed by atoms with van der Waals surface area (Å²) in [7, 11) is 0. The average molecular weight is 448 g/mol. The van der Waals surface area contributed by atoms with Crippen LogP contribution < -0.4 is 4.74 Å². The fourth-order valence-electron chi connectivity index (χ4n) is 3.58. The van der Waals surface area contributed by atoms with E-state index < -0.39 is 0 Å². The number of aromatic nitrogens is 2. The molecule has 0 atom stereocenters. The maximum absolute atomic E-state index is 13.6. The van der Waals surface area contributed by atoms with Crippen LogP contribution in [0.1, 0.15) is 42.6 Å². The van der Waals surface area contributed by atoms with Gasteiger partial charge in [-0.1, -0.05) is 25.1 Å². The molecule has 0 N–H and O–H groups in total. The second-order valence-corrected chi connectivity index (χ2v) is 7.89. The van der Waals surface area contributed by atoms with Gasteiger partial charge in [0.15, 0.2) is 5.76 Å². The lowest BCUT2D eigenvalue weighted by atomic mass is 10.1. The Bertz CT molecular complexity index is 1200. The van der Waals surface area contributed by atoms with Crippen LogP contribution in [-0.4, -0.2) is 26.6 Å². The maximum atomic E-state index is 13.6. The maximum Gasteiger partial charge on any atom is 0.290 e. The van der Waals surface area contributed by atoms with E-state index >= 15 is 0 Å². The number of amides is 1. The second kappa shape index (κ2) is 9.73. The minimum absolute atomic E-state index is 0.0916. The molecule has 0 saturated heterocycles. The predicted octanol–water partition coefficient (Wildman–Crippen LogP) is 6.01.